The predicted octanol–water partition coefficient (Wildman–Crippen LogP) is 2.20. The van der Waals surface area contributed by atoms with Gasteiger partial charge < -0.3 is 4.90 Å². The zero-order chi connectivity index (χ0) is 14.0. The number of likely N-dealkylation sites (tertiary alicyclic amines) is 1. The van der Waals surface area contributed by atoms with Crippen molar-refractivity contribution in [1.82, 2.24) is 9.21 Å². The highest BCUT2D eigenvalue weighted by molar-refractivity contribution is 7.89. The Hall–Kier alpha value is -0.140. The van der Waals surface area contributed by atoms with E-state index in [4.69, 9.17) is 11.6 Å². The van der Waals surface area contributed by atoms with E-state index in [1.165, 1.54) is 15.6 Å². The molecule has 2 rings (SSSR count). The van der Waals surface area contributed by atoms with Crippen LogP contribution in [0.5, 0.6) is 0 Å². The molecular weight excluding hydrogens is 304 g/mol. The van der Waals surface area contributed by atoms with Crippen LogP contribution in [0.1, 0.15) is 17.7 Å². The second-order valence-corrected chi connectivity index (χ2v) is 8.25. The minimum absolute atomic E-state index is 0.325. The smallest absolute Gasteiger partial charge is 0.243 e. The number of sulfonamides is 1. The number of likely N-dealkylation sites (N-methyl/N-ethyl adjacent to an activating group) is 2. The summed E-state index contributed by atoms with van der Waals surface area (Å²) in [6, 6.07) is 1.99. The third-order valence-corrected chi connectivity index (χ3v) is 6.94. The van der Waals surface area contributed by atoms with Gasteiger partial charge in [-0.1, -0.05) is 0 Å². The first-order valence-corrected chi connectivity index (χ1v) is 9.10. The van der Waals surface area contributed by atoms with Crippen LogP contribution in [0.15, 0.2) is 16.3 Å². The zero-order valence-corrected chi connectivity index (χ0v) is 13.6. The van der Waals surface area contributed by atoms with E-state index in [1.807, 2.05) is 7.05 Å². The lowest BCUT2D eigenvalue weighted by atomic mass is 10.2. The molecule has 0 bridgehead atoms. The van der Waals surface area contributed by atoms with E-state index >= 15 is 0 Å². The van der Waals surface area contributed by atoms with Gasteiger partial charge in [0, 0.05) is 29.9 Å². The van der Waals surface area contributed by atoms with Crippen molar-refractivity contribution in [2.75, 3.05) is 27.2 Å². The molecule has 0 N–H and O–H groups in total. The van der Waals surface area contributed by atoms with E-state index in [0.717, 1.165) is 24.3 Å². The van der Waals surface area contributed by atoms with Crippen molar-refractivity contribution >= 4 is 33.0 Å². The third kappa shape index (κ3) is 3.31. The molecule has 1 aromatic heterocycles. The zero-order valence-electron chi connectivity index (χ0n) is 11.2. The predicted molar refractivity (Wildman–Crippen MR) is 79.3 cm³/mol. The SMILES string of the molecule is CN1CCCC1CN(C)S(=O)(=O)c1csc(CCl)c1. The van der Waals surface area contributed by atoms with Crippen molar-refractivity contribution in [1.29, 1.82) is 0 Å². The first-order chi connectivity index (χ1) is 8.95. The molecular formula is C12H19ClN2O2S2. The number of halogens is 1. The summed E-state index contributed by atoms with van der Waals surface area (Å²) in [5, 5.41) is 1.67. The van der Waals surface area contributed by atoms with Gasteiger partial charge in [0.2, 0.25) is 10.0 Å². The van der Waals surface area contributed by atoms with Crippen LogP contribution in [0.2, 0.25) is 0 Å². The van der Waals surface area contributed by atoms with Gasteiger partial charge in [-0.15, -0.1) is 22.9 Å². The lowest BCUT2D eigenvalue weighted by Gasteiger charge is -2.25. The molecule has 1 unspecified atom stereocenters. The quantitative estimate of drug-likeness (QED) is 0.780. The summed E-state index contributed by atoms with van der Waals surface area (Å²) in [4.78, 5) is 3.46. The minimum atomic E-state index is -3.38. The van der Waals surface area contributed by atoms with E-state index in [9.17, 15) is 8.42 Å². The molecule has 7 heteroatoms. The highest BCUT2D eigenvalue weighted by atomic mass is 35.5. The summed E-state index contributed by atoms with van der Waals surface area (Å²) in [5.74, 6) is 0.356. The maximum absolute atomic E-state index is 12.4. The van der Waals surface area contributed by atoms with Gasteiger partial charge in [-0.3, -0.25) is 0 Å². The number of thiophene rings is 1. The summed E-state index contributed by atoms with van der Waals surface area (Å²) in [6.07, 6.45) is 2.21. The van der Waals surface area contributed by atoms with E-state index in [-0.39, 0.29) is 0 Å². The van der Waals surface area contributed by atoms with E-state index in [2.05, 4.69) is 4.90 Å². The molecule has 4 nitrogen and oxygen atoms in total. The normalized spacial score (nSPS) is 21.4. The molecule has 0 aromatic carbocycles. The topological polar surface area (TPSA) is 40.6 Å². The van der Waals surface area contributed by atoms with Crippen LogP contribution in [-0.4, -0.2) is 50.8 Å². The fourth-order valence-electron chi connectivity index (χ4n) is 2.35. The lowest BCUT2D eigenvalue weighted by molar-refractivity contribution is 0.271. The van der Waals surface area contributed by atoms with E-state index < -0.39 is 10.0 Å². The largest absolute Gasteiger partial charge is 0.302 e. The highest BCUT2D eigenvalue weighted by Crippen LogP contribution is 2.24. The summed E-state index contributed by atoms with van der Waals surface area (Å²) >= 11 is 7.11. The number of alkyl halides is 1. The van der Waals surface area contributed by atoms with E-state index in [0.29, 0.717) is 23.4 Å². The standard InChI is InChI=1S/C12H19ClN2O2S2/c1-14-5-3-4-10(14)8-15(2)19(16,17)12-6-11(7-13)18-9-12/h6,9-10H,3-5,7-8H2,1-2H3. The van der Waals surface area contributed by atoms with Gasteiger partial charge in [0.05, 0.1) is 10.8 Å². The second-order valence-electron chi connectivity index (χ2n) is 4.94. The number of hydrogen-bond acceptors (Lipinski definition) is 4. The average molecular weight is 323 g/mol. The van der Waals surface area contributed by atoms with Crippen molar-refractivity contribution in [2.45, 2.75) is 29.7 Å². The van der Waals surface area contributed by atoms with Gasteiger partial charge in [-0.05, 0) is 32.5 Å². The Kier molecular flexibility index (Phi) is 4.89. The summed E-state index contributed by atoms with van der Waals surface area (Å²) in [5.41, 5.74) is 0. The Morgan fingerprint density at radius 3 is 2.84 bits per heavy atom. The van der Waals surface area contributed by atoms with Crippen molar-refractivity contribution in [2.24, 2.45) is 0 Å². The molecule has 1 aliphatic rings. The molecule has 1 atom stereocenters. The Morgan fingerprint density at radius 2 is 2.32 bits per heavy atom. The summed E-state index contributed by atoms with van der Waals surface area (Å²) < 4.78 is 26.3. The van der Waals surface area contributed by atoms with Gasteiger partial charge in [-0.2, -0.15) is 4.31 Å². The maximum atomic E-state index is 12.4. The molecule has 0 saturated carbocycles. The molecule has 1 aliphatic heterocycles. The van der Waals surface area contributed by atoms with Gasteiger partial charge in [0.1, 0.15) is 0 Å². The molecule has 2 heterocycles. The number of rotatable bonds is 5. The van der Waals surface area contributed by atoms with Gasteiger partial charge >= 0.3 is 0 Å². The van der Waals surface area contributed by atoms with Crippen molar-refractivity contribution in [3.8, 4) is 0 Å². The van der Waals surface area contributed by atoms with Crippen LogP contribution in [-0.2, 0) is 15.9 Å². The van der Waals surface area contributed by atoms with Crippen molar-refractivity contribution < 1.29 is 8.42 Å². The Labute approximate surface area is 124 Å². The molecule has 0 amide bonds. The molecule has 1 saturated heterocycles. The van der Waals surface area contributed by atoms with Crippen LogP contribution in [0, 0.1) is 0 Å². The molecule has 108 valence electrons. The first kappa shape index (κ1) is 15.3. The molecule has 1 fully saturated rings. The summed E-state index contributed by atoms with van der Waals surface area (Å²) in [6.45, 7) is 1.60. The Morgan fingerprint density at radius 1 is 1.58 bits per heavy atom. The minimum Gasteiger partial charge on any atom is -0.302 e. The van der Waals surface area contributed by atoms with E-state index in [1.54, 1.807) is 18.5 Å². The molecule has 0 radical (unpaired) electrons. The fraction of sp³-hybridized carbons (Fsp3) is 0.667. The summed E-state index contributed by atoms with van der Waals surface area (Å²) in [7, 11) is 0.322. The second kappa shape index (κ2) is 6.10. The van der Waals surface area contributed by atoms with Crippen molar-refractivity contribution in [3.05, 3.63) is 16.3 Å². The van der Waals surface area contributed by atoms with Crippen LogP contribution >= 0.6 is 22.9 Å². The lowest BCUT2D eigenvalue weighted by Crippen LogP contribution is -2.39. The highest BCUT2D eigenvalue weighted by Gasteiger charge is 2.28. The molecule has 19 heavy (non-hydrogen) atoms. The Bertz CT molecular complexity index is 530. The maximum Gasteiger partial charge on any atom is 0.243 e. The van der Waals surface area contributed by atoms with Gasteiger partial charge in [0.25, 0.3) is 0 Å². The molecule has 1 aromatic rings. The molecule has 0 spiro atoms. The van der Waals surface area contributed by atoms with Crippen molar-refractivity contribution in [3.63, 3.8) is 0 Å². The van der Waals surface area contributed by atoms with Gasteiger partial charge in [-0.25, -0.2) is 8.42 Å². The third-order valence-electron chi connectivity index (χ3n) is 3.61. The van der Waals surface area contributed by atoms with Crippen LogP contribution in [0.3, 0.4) is 0 Å². The fourth-order valence-corrected chi connectivity index (χ4v) is 4.94. The van der Waals surface area contributed by atoms with Crippen LogP contribution in [0.25, 0.3) is 0 Å². The Balaban J connectivity index is 2.10. The number of nitrogens with zero attached hydrogens (tertiary/aromatic N) is 2. The van der Waals surface area contributed by atoms with Crippen LogP contribution < -0.4 is 0 Å². The average Bonchev–Trinajstić information content (AvgIpc) is 2.99. The van der Waals surface area contributed by atoms with Crippen LogP contribution in [0.4, 0.5) is 0 Å². The first-order valence-electron chi connectivity index (χ1n) is 6.25. The molecule has 0 aliphatic carbocycles. The number of hydrogen-bond donors (Lipinski definition) is 0. The van der Waals surface area contributed by atoms with Gasteiger partial charge in [0.15, 0.2) is 0 Å². The monoisotopic (exact) mass is 322 g/mol.